The molecule has 5 nitrogen and oxygen atoms in total. The highest BCUT2D eigenvalue weighted by Gasteiger charge is 2.09. The number of nitrogens with zero attached hydrogens (tertiary/aromatic N) is 3. The molecule has 0 N–H and O–H groups in total. The Morgan fingerprint density at radius 1 is 1.19 bits per heavy atom. The van der Waals surface area contributed by atoms with Crippen LogP contribution in [0.1, 0.15) is 31.0 Å². The van der Waals surface area contributed by atoms with Gasteiger partial charge >= 0.3 is 0 Å². The number of benzene rings is 1. The van der Waals surface area contributed by atoms with Crippen LogP contribution in [-0.2, 0) is 21.8 Å². The number of thioether (sulfide) groups is 1. The summed E-state index contributed by atoms with van der Waals surface area (Å²) in [5, 5.41) is 4.24. The fraction of sp³-hybridized carbons (Fsp3) is 0.467. The zero-order valence-electron chi connectivity index (χ0n) is 12.7. The lowest BCUT2D eigenvalue weighted by Gasteiger charge is -2.13. The van der Waals surface area contributed by atoms with Crippen LogP contribution in [0.5, 0.6) is 0 Å². The molecule has 1 aromatic heterocycles. The minimum absolute atomic E-state index is 0.309. The Morgan fingerprint density at radius 2 is 1.90 bits per heavy atom. The van der Waals surface area contributed by atoms with Crippen LogP contribution in [0.4, 0.5) is 0 Å². The standard InChI is InChI=1S/C15H21N3O2S/c1-4-9-18-14(16-11-17-18)10-21-13-7-5-12(6-8-13)15(19-2)20-3/h5-8,11,15H,4,9-10H2,1-3H3. The number of ether oxygens (including phenoxy) is 2. The quantitative estimate of drug-likeness (QED) is 0.553. The molecule has 1 heterocycles. The maximum Gasteiger partial charge on any atom is 0.183 e. The highest BCUT2D eigenvalue weighted by atomic mass is 32.2. The number of methoxy groups -OCH3 is 2. The molecule has 0 spiro atoms. The van der Waals surface area contributed by atoms with Gasteiger partial charge in [0.1, 0.15) is 12.2 Å². The van der Waals surface area contributed by atoms with E-state index < -0.39 is 0 Å². The van der Waals surface area contributed by atoms with E-state index in [1.54, 1.807) is 32.3 Å². The minimum Gasteiger partial charge on any atom is -0.352 e. The molecular formula is C15H21N3O2S. The predicted octanol–water partition coefficient (Wildman–Crippen LogP) is 3.27. The van der Waals surface area contributed by atoms with Gasteiger partial charge in [0.05, 0.1) is 5.75 Å². The summed E-state index contributed by atoms with van der Waals surface area (Å²) in [5.74, 6) is 1.83. The highest BCUT2D eigenvalue weighted by molar-refractivity contribution is 7.98. The fourth-order valence-electron chi connectivity index (χ4n) is 2.04. The van der Waals surface area contributed by atoms with E-state index in [2.05, 4.69) is 29.1 Å². The molecule has 6 heteroatoms. The van der Waals surface area contributed by atoms with Gasteiger partial charge in [0.15, 0.2) is 6.29 Å². The number of hydrogen-bond acceptors (Lipinski definition) is 5. The van der Waals surface area contributed by atoms with E-state index in [0.29, 0.717) is 0 Å². The largest absolute Gasteiger partial charge is 0.352 e. The van der Waals surface area contributed by atoms with E-state index in [-0.39, 0.29) is 6.29 Å². The van der Waals surface area contributed by atoms with Crippen LogP contribution in [0.3, 0.4) is 0 Å². The predicted molar refractivity (Wildman–Crippen MR) is 83.1 cm³/mol. The number of aromatic nitrogens is 3. The van der Waals surface area contributed by atoms with Crippen LogP contribution in [0.2, 0.25) is 0 Å². The molecule has 114 valence electrons. The highest BCUT2D eigenvalue weighted by Crippen LogP contribution is 2.25. The van der Waals surface area contributed by atoms with Gasteiger partial charge in [-0.2, -0.15) is 5.10 Å². The van der Waals surface area contributed by atoms with Crippen molar-refractivity contribution in [2.24, 2.45) is 0 Å². The van der Waals surface area contributed by atoms with Crippen molar-refractivity contribution in [3.8, 4) is 0 Å². The summed E-state index contributed by atoms with van der Waals surface area (Å²) in [6.45, 7) is 3.05. The second-order valence-corrected chi connectivity index (χ2v) is 5.61. The molecule has 0 atom stereocenters. The maximum absolute atomic E-state index is 5.24. The van der Waals surface area contributed by atoms with Crippen molar-refractivity contribution in [3.05, 3.63) is 42.0 Å². The van der Waals surface area contributed by atoms with Gasteiger partial charge in [-0.25, -0.2) is 9.67 Å². The molecule has 0 unspecified atom stereocenters. The summed E-state index contributed by atoms with van der Waals surface area (Å²) < 4.78 is 12.4. The summed E-state index contributed by atoms with van der Waals surface area (Å²) in [7, 11) is 3.27. The van der Waals surface area contributed by atoms with Crippen molar-refractivity contribution in [2.45, 2.75) is 36.8 Å². The van der Waals surface area contributed by atoms with Gasteiger partial charge < -0.3 is 9.47 Å². The summed E-state index contributed by atoms with van der Waals surface area (Å²) >= 11 is 1.75. The first-order valence-electron chi connectivity index (χ1n) is 6.93. The first-order valence-corrected chi connectivity index (χ1v) is 7.92. The molecule has 2 rings (SSSR count). The van der Waals surface area contributed by atoms with E-state index >= 15 is 0 Å². The zero-order chi connectivity index (χ0) is 15.1. The van der Waals surface area contributed by atoms with Crippen molar-refractivity contribution >= 4 is 11.8 Å². The minimum atomic E-state index is -0.309. The molecule has 0 saturated carbocycles. The molecule has 0 radical (unpaired) electrons. The molecule has 0 aliphatic carbocycles. The van der Waals surface area contributed by atoms with E-state index in [0.717, 1.165) is 30.1 Å². The van der Waals surface area contributed by atoms with Gasteiger partial charge in [0.25, 0.3) is 0 Å². The Morgan fingerprint density at radius 3 is 2.52 bits per heavy atom. The monoisotopic (exact) mass is 307 g/mol. The van der Waals surface area contributed by atoms with Crippen molar-refractivity contribution in [2.75, 3.05) is 14.2 Å². The third-order valence-electron chi connectivity index (χ3n) is 3.08. The zero-order valence-corrected chi connectivity index (χ0v) is 13.5. The average molecular weight is 307 g/mol. The van der Waals surface area contributed by atoms with Gasteiger partial charge in [-0.1, -0.05) is 19.1 Å². The van der Waals surface area contributed by atoms with Crippen molar-refractivity contribution < 1.29 is 9.47 Å². The molecule has 0 amide bonds. The van der Waals surface area contributed by atoms with E-state index in [9.17, 15) is 0 Å². The second kappa shape index (κ2) is 8.17. The number of aryl methyl sites for hydroxylation is 1. The third kappa shape index (κ3) is 4.30. The molecule has 0 aliphatic rings. The van der Waals surface area contributed by atoms with E-state index in [4.69, 9.17) is 9.47 Å². The van der Waals surface area contributed by atoms with Crippen molar-refractivity contribution in [3.63, 3.8) is 0 Å². The normalized spacial score (nSPS) is 11.2. The molecule has 21 heavy (non-hydrogen) atoms. The Bertz CT molecular complexity index is 538. The number of hydrogen-bond donors (Lipinski definition) is 0. The Kier molecular flexibility index (Phi) is 6.22. The molecule has 0 saturated heterocycles. The summed E-state index contributed by atoms with van der Waals surface area (Å²) in [6, 6.07) is 8.20. The third-order valence-corrected chi connectivity index (χ3v) is 4.09. The van der Waals surface area contributed by atoms with Crippen LogP contribution >= 0.6 is 11.8 Å². The van der Waals surface area contributed by atoms with Crippen LogP contribution in [0, 0.1) is 0 Å². The first-order chi connectivity index (χ1) is 10.3. The van der Waals surface area contributed by atoms with Crippen LogP contribution < -0.4 is 0 Å². The first kappa shape index (κ1) is 16.0. The smallest absolute Gasteiger partial charge is 0.183 e. The Labute approximate surface area is 129 Å². The summed E-state index contributed by atoms with van der Waals surface area (Å²) in [5.41, 5.74) is 1.01. The topological polar surface area (TPSA) is 49.2 Å². The van der Waals surface area contributed by atoms with E-state index in [1.165, 1.54) is 4.90 Å². The average Bonchev–Trinajstić information content (AvgIpc) is 2.95. The summed E-state index contributed by atoms with van der Waals surface area (Å²) in [4.78, 5) is 5.50. The van der Waals surface area contributed by atoms with Gasteiger partial charge in [0.2, 0.25) is 0 Å². The van der Waals surface area contributed by atoms with Crippen molar-refractivity contribution in [1.29, 1.82) is 0 Å². The van der Waals surface area contributed by atoms with Crippen LogP contribution in [-0.4, -0.2) is 29.0 Å². The molecule has 0 bridgehead atoms. The lowest BCUT2D eigenvalue weighted by Crippen LogP contribution is -2.04. The lowest BCUT2D eigenvalue weighted by molar-refractivity contribution is -0.106. The second-order valence-electron chi connectivity index (χ2n) is 4.56. The molecule has 1 aromatic carbocycles. The van der Waals surface area contributed by atoms with E-state index in [1.807, 2.05) is 16.8 Å². The Balaban J connectivity index is 1.96. The molecule has 0 fully saturated rings. The molecule has 0 aliphatic heterocycles. The SMILES string of the molecule is CCCn1ncnc1CSc1ccc(C(OC)OC)cc1. The van der Waals surface area contributed by atoms with Crippen LogP contribution in [0.15, 0.2) is 35.5 Å². The van der Waals surface area contributed by atoms with Crippen molar-refractivity contribution in [1.82, 2.24) is 14.8 Å². The van der Waals surface area contributed by atoms with Gasteiger partial charge in [-0.15, -0.1) is 11.8 Å². The number of rotatable bonds is 8. The molecular weight excluding hydrogens is 286 g/mol. The molecule has 2 aromatic rings. The van der Waals surface area contributed by atoms with Gasteiger partial charge in [0, 0.05) is 31.2 Å². The maximum atomic E-state index is 5.24. The Hall–Kier alpha value is -1.37. The van der Waals surface area contributed by atoms with Gasteiger partial charge in [-0.05, 0) is 18.6 Å². The van der Waals surface area contributed by atoms with Crippen LogP contribution in [0.25, 0.3) is 0 Å². The lowest BCUT2D eigenvalue weighted by atomic mass is 10.2. The summed E-state index contributed by atoms with van der Waals surface area (Å²) in [6.07, 6.45) is 2.37. The van der Waals surface area contributed by atoms with Gasteiger partial charge in [-0.3, -0.25) is 0 Å². The fourth-order valence-corrected chi connectivity index (χ4v) is 2.88.